The van der Waals surface area contributed by atoms with E-state index in [4.69, 9.17) is 8.85 Å². The Morgan fingerprint density at radius 2 is 1.64 bits per heavy atom. The number of benzene rings is 1. The highest BCUT2D eigenvalue weighted by Crippen LogP contribution is 2.05. The minimum absolute atomic E-state index is 0.767. The molecule has 126 valence electrons. The van der Waals surface area contributed by atoms with Crippen molar-refractivity contribution in [3.63, 3.8) is 0 Å². The van der Waals surface area contributed by atoms with Crippen LogP contribution in [-0.2, 0) is 8.85 Å². The molecule has 0 amide bonds. The molecular weight excluding hydrogens is 292 g/mol. The van der Waals surface area contributed by atoms with Gasteiger partial charge in [0.05, 0.1) is 0 Å². The Kier molecular flexibility index (Phi) is 15.6. The van der Waals surface area contributed by atoms with Gasteiger partial charge in [-0.15, -0.1) is 0 Å². The first kappa shape index (κ1) is 21.0. The van der Waals surface area contributed by atoms with Crippen LogP contribution < -0.4 is 5.32 Å². The summed E-state index contributed by atoms with van der Waals surface area (Å²) < 4.78 is 11.3. The van der Waals surface area contributed by atoms with Gasteiger partial charge in [-0.3, -0.25) is 4.99 Å². The summed E-state index contributed by atoms with van der Waals surface area (Å²) >= 11 is 0. The third-order valence-corrected chi connectivity index (χ3v) is 5.01. The zero-order chi connectivity index (χ0) is 16.5. The molecule has 1 aromatic rings. The lowest BCUT2D eigenvalue weighted by Gasteiger charge is -2.13. The molecule has 5 heteroatoms. The first-order chi connectivity index (χ1) is 10.8. The van der Waals surface area contributed by atoms with Crippen LogP contribution in [0.2, 0.25) is 6.04 Å². The Balaban J connectivity index is 0.00000135. The predicted octanol–water partition coefficient (Wildman–Crippen LogP) is 3.01. The highest BCUT2D eigenvalue weighted by atomic mass is 28.3. The number of unbranched alkanes of at least 4 members (excludes halogenated alkanes) is 1. The summed E-state index contributed by atoms with van der Waals surface area (Å²) in [5.74, 6) is 0. The van der Waals surface area contributed by atoms with E-state index in [0.717, 1.165) is 38.6 Å². The van der Waals surface area contributed by atoms with Gasteiger partial charge < -0.3 is 14.2 Å². The molecule has 0 aliphatic rings. The fourth-order valence-corrected chi connectivity index (χ4v) is 3.60. The topological polar surface area (TPSA) is 42.9 Å². The van der Waals surface area contributed by atoms with Crippen molar-refractivity contribution in [1.29, 1.82) is 0 Å². The van der Waals surface area contributed by atoms with Crippen molar-refractivity contribution in [1.82, 2.24) is 5.32 Å². The number of aliphatic imine (C=N–C) groups is 1. The highest BCUT2D eigenvalue weighted by Gasteiger charge is 2.10. The van der Waals surface area contributed by atoms with Crippen molar-refractivity contribution in [2.24, 2.45) is 4.99 Å². The van der Waals surface area contributed by atoms with Crippen LogP contribution in [0, 0.1) is 0 Å². The van der Waals surface area contributed by atoms with Crippen LogP contribution in [0.5, 0.6) is 0 Å². The lowest BCUT2D eigenvalue weighted by Crippen LogP contribution is -2.22. The zero-order valence-corrected chi connectivity index (χ0v) is 15.7. The minimum Gasteiger partial charge on any atom is -0.397 e. The summed E-state index contributed by atoms with van der Waals surface area (Å²) in [5.41, 5.74) is 1.17. The molecule has 1 N–H and O–H groups in total. The van der Waals surface area contributed by atoms with Crippen LogP contribution in [0.25, 0.3) is 0 Å². The smallest absolute Gasteiger partial charge is 0.321 e. The minimum atomic E-state index is -1.40. The molecule has 0 saturated heterocycles. The quantitative estimate of drug-likeness (QED) is 0.409. The van der Waals surface area contributed by atoms with E-state index in [-0.39, 0.29) is 0 Å². The Morgan fingerprint density at radius 3 is 2.18 bits per heavy atom. The molecule has 0 aliphatic heterocycles. The standard InChI is InChI=1S/C15H25NO2Si.C2H7N/c1-3-17-19(18-4-2)13-9-8-12-16-14-15-10-6-5-7-11-15;1-3-2/h5-7,10-11,14,19H,3-4,8-9,12-13H2,1-2H3;3H,1-2H3. The van der Waals surface area contributed by atoms with Crippen LogP contribution in [0.15, 0.2) is 35.3 Å². The Bertz CT molecular complexity index is 355. The molecule has 0 heterocycles. The van der Waals surface area contributed by atoms with Gasteiger partial charge in [0.15, 0.2) is 0 Å². The molecule has 0 fully saturated rings. The molecule has 22 heavy (non-hydrogen) atoms. The van der Waals surface area contributed by atoms with E-state index in [9.17, 15) is 0 Å². The second-order valence-electron chi connectivity index (χ2n) is 4.78. The van der Waals surface area contributed by atoms with Crippen LogP contribution in [0.3, 0.4) is 0 Å². The fourth-order valence-electron chi connectivity index (χ4n) is 1.81. The molecule has 0 radical (unpaired) electrons. The molecular formula is C17H32N2O2Si. The van der Waals surface area contributed by atoms with Gasteiger partial charge in [0.25, 0.3) is 0 Å². The second-order valence-corrected chi connectivity index (χ2v) is 6.89. The maximum absolute atomic E-state index is 5.64. The SMILES string of the molecule is CCO[SiH](CCCCN=Cc1ccccc1)OCC.CNC. The average molecular weight is 325 g/mol. The number of hydrogen-bond acceptors (Lipinski definition) is 4. The lowest BCUT2D eigenvalue weighted by molar-refractivity contribution is 0.212. The van der Waals surface area contributed by atoms with E-state index in [1.54, 1.807) is 0 Å². The molecule has 1 aromatic carbocycles. The normalized spacial score (nSPS) is 10.8. The molecule has 1 rings (SSSR count). The maximum Gasteiger partial charge on any atom is 0.321 e. The van der Waals surface area contributed by atoms with E-state index in [1.807, 2.05) is 52.4 Å². The zero-order valence-electron chi connectivity index (χ0n) is 14.5. The number of nitrogens with zero attached hydrogens (tertiary/aromatic N) is 1. The Morgan fingerprint density at radius 1 is 1.05 bits per heavy atom. The fraction of sp³-hybridized carbons (Fsp3) is 0.588. The first-order valence-electron chi connectivity index (χ1n) is 8.15. The van der Waals surface area contributed by atoms with E-state index in [1.165, 1.54) is 5.56 Å². The third kappa shape index (κ3) is 12.7. The largest absolute Gasteiger partial charge is 0.397 e. The van der Waals surface area contributed by atoms with Gasteiger partial charge in [0.1, 0.15) is 0 Å². The summed E-state index contributed by atoms with van der Waals surface area (Å²) in [5, 5.41) is 2.75. The Labute approximate surface area is 137 Å². The van der Waals surface area contributed by atoms with Gasteiger partial charge in [-0.25, -0.2) is 0 Å². The van der Waals surface area contributed by atoms with Crippen LogP contribution in [0.1, 0.15) is 32.3 Å². The van der Waals surface area contributed by atoms with E-state index in [0.29, 0.717) is 0 Å². The average Bonchev–Trinajstić information content (AvgIpc) is 2.53. The van der Waals surface area contributed by atoms with Gasteiger partial charge in [0.2, 0.25) is 0 Å². The summed E-state index contributed by atoms with van der Waals surface area (Å²) in [6.45, 7) is 6.48. The molecule has 4 nitrogen and oxygen atoms in total. The lowest BCUT2D eigenvalue weighted by atomic mass is 10.2. The van der Waals surface area contributed by atoms with Crippen LogP contribution in [-0.4, -0.2) is 49.4 Å². The molecule has 0 bridgehead atoms. The van der Waals surface area contributed by atoms with Crippen molar-refractivity contribution < 1.29 is 8.85 Å². The van der Waals surface area contributed by atoms with Crippen LogP contribution in [0.4, 0.5) is 0 Å². The summed E-state index contributed by atoms with van der Waals surface area (Å²) in [7, 11) is 2.35. The van der Waals surface area contributed by atoms with E-state index in [2.05, 4.69) is 22.4 Å². The monoisotopic (exact) mass is 324 g/mol. The molecule has 0 saturated carbocycles. The molecule has 0 unspecified atom stereocenters. The second kappa shape index (κ2) is 16.4. The third-order valence-electron chi connectivity index (χ3n) is 2.72. The molecule has 0 aromatic heterocycles. The van der Waals surface area contributed by atoms with Gasteiger partial charge >= 0.3 is 9.28 Å². The van der Waals surface area contributed by atoms with Gasteiger partial charge in [-0.2, -0.15) is 0 Å². The van der Waals surface area contributed by atoms with Gasteiger partial charge in [-0.05, 0) is 52.4 Å². The maximum atomic E-state index is 5.64. The first-order valence-corrected chi connectivity index (χ1v) is 9.90. The van der Waals surface area contributed by atoms with Crippen molar-refractivity contribution >= 4 is 15.5 Å². The van der Waals surface area contributed by atoms with Crippen LogP contribution >= 0.6 is 0 Å². The van der Waals surface area contributed by atoms with Crippen molar-refractivity contribution in [2.75, 3.05) is 33.9 Å². The summed E-state index contributed by atoms with van der Waals surface area (Å²) in [4.78, 5) is 4.44. The van der Waals surface area contributed by atoms with Crippen molar-refractivity contribution in [3.05, 3.63) is 35.9 Å². The molecule has 0 aliphatic carbocycles. The number of hydrogen-bond donors (Lipinski definition) is 1. The number of nitrogens with one attached hydrogen (secondary N) is 1. The van der Waals surface area contributed by atoms with E-state index < -0.39 is 9.28 Å². The number of rotatable bonds is 10. The predicted molar refractivity (Wildman–Crippen MR) is 98.3 cm³/mol. The highest BCUT2D eigenvalue weighted by molar-refractivity contribution is 6.44. The van der Waals surface area contributed by atoms with Gasteiger partial charge in [-0.1, -0.05) is 30.3 Å². The van der Waals surface area contributed by atoms with Crippen molar-refractivity contribution in [3.8, 4) is 0 Å². The van der Waals surface area contributed by atoms with Crippen molar-refractivity contribution in [2.45, 2.75) is 32.7 Å². The van der Waals surface area contributed by atoms with Gasteiger partial charge in [0, 0.05) is 26.0 Å². The Hall–Kier alpha value is -1.01. The summed E-state index contributed by atoms with van der Waals surface area (Å²) in [6.07, 6.45) is 4.19. The molecule has 0 atom stereocenters. The van der Waals surface area contributed by atoms with E-state index >= 15 is 0 Å². The molecule has 0 spiro atoms. The summed E-state index contributed by atoms with van der Waals surface area (Å²) in [6, 6.07) is 11.3.